The van der Waals surface area contributed by atoms with Crippen LogP contribution in [0.5, 0.6) is 11.5 Å². The van der Waals surface area contributed by atoms with Crippen molar-refractivity contribution in [2.24, 2.45) is 0 Å². The number of hydrogen-bond acceptors (Lipinski definition) is 6. The number of tetrazole rings is 1. The normalized spacial score (nSPS) is 10.4. The van der Waals surface area contributed by atoms with Crippen LogP contribution < -0.4 is 14.8 Å². The molecule has 140 valence electrons. The molecule has 0 fully saturated rings. The van der Waals surface area contributed by atoms with E-state index in [-0.39, 0.29) is 0 Å². The zero-order chi connectivity index (χ0) is 19.1. The van der Waals surface area contributed by atoms with Crippen molar-refractivity contribution in [2.45, 2.75) is 19.7 Å². The second-order valence-corrected chi connectivity index (χ2v) is 6.13. The average molecular weight is 386 g/mol. The molecule has 0 aliphatic heterocycles. The van der Waals surface area contributed by atoms with Crippen LogP contribution in [0.2, 0.25) is 5.02 Å². The fourth-order valence-corrected chi connectivity index (χ4v) is 2.78. The highest BCUT2D eigenvalue weighted by Gasteiger charge is 2.14. The van der Waals surface area contributed by atoms with Gasteiger partial charge in [-0.15, -0.1) is 6.58 Å². The lowest BCUT2D eigenvalue weighted by Crippen LogP contribution is -2.10. The molecular weight excluding hydrogens is 366 g/mol. The van der Waals surface area contributed by atoms with E-state index in [1.807, 2.05) is 36.4 Å². The van der Waals surface area contributed by atoms with Crippen LogP contribution in [0.3, 0.4) is 0 Å². The molecule has 1 heterocycles. The van der Waals surface area contributed by atoms with Gasteiger partial charge in [0.2, 0.25) is 5.95 Å². The molecule has 0 amide bonds. The Morgan fingerprint density at radius 1 is 1.26 bits per heavy atom. The number of nitrogens with one attached hydrogen (secondary N) is 1. The number of rotatable bonds is 9. The lowest BCUT2D eigenvalue weighted by Gasteiger charge is -2.16. The van der Waals surface area contributed by atoms with Crippen molar-refractivity contribution in [1.82, 2.24) is 20.2 Å². The standard InChI is InChI=1S/C19H20ClN5O2/c1-3-9-25-19(22-23-24-25)21-12-15-10-16(20)11-17(26-2)18(15)27-13-14-7-5-4-6-8-14/h3-8,10-11H,1,9,12-13H2,2H3,(H,21,22,24). The summed E-state index contributed by atoms with van der Waals surface area (Å²) in [5.74, 6) is 1.73. The Morgan fingerprint density at radius 2 is 2.07 bits per heavy atom. The van der Waals surface area contributed by atoms with E-state index in [4.69, 9.17) is 21.1 Å². The van der Waals surface area contributed by atoms with Gasteiger partial charge in [0.1, 0.15) is 6.61 Å². The quantitative estimate of drug-likeness (QED) is 0.566. The number of methoxy groups -OCH3 is 1. The van der Waals surface area contributed by atoms with Crippen molar-refractivity contribution in [3.8, 4) is 11.5 Å². The van der Waals surface area contributed by atoms with Crippen LogP contribution in [0.15, 0.2) is 55.1 Å². The van der Waals surface area contributed by atoms with Crippen molar-refractivity contribution in [3.63, 3.8) is 0 Å². The first-order valence-corrected chi connectivity index (χ1v) is 8.73. The highest BCUT2D eigenvalue weighted by Crippen LogP contribution is 2.35. The molecule has 0 bridgehead atoms. The van der Waals surface area contributed by atoms with Crippen molar-refractivity contribution in [2.75, 3.05) is 12.4 Å². The summed E-state index contributed by atoms with van der Waals surface area (Å²) in [5.41, 5.74) is 1.90. The maximum atomic E-state index is 6.24. The third kappa shape index (κ3) is 4.77. The average Bonchev–Trinajstić information content (AvgIpc) is 3.13. The van der Waals surface area contributed by atoms with Crippen LogP contribution in [-0.2, 0) is 19.7 Å². The lowest BCUT2D eigenvalue weighted by molar-refractivity contribution is 0.281. The molecule has 0 saturated carbocycles. The number of aromatic nitrogens is 4. The minimum absolute atomic E-state index is 0.415. The zero-order valence-electron chi connectivity index (χ0n) is 14.9. The minimum Gasteiger partial charge on any atom is -0.493 e. The molecule has 1 aromatic heterocycles. The SMILES string of the molecule is C=CCn1nnnc1NCc1cc(Cl)cc(OC)c1OCc1ccccc1. The molecule has 0 aliphatic carbocycles. The van der Waals surface area contributed by atoms with Crippen LogP contribution in [0, 0.1) is 0 Å². The number of anilines is 1. The third-order valence-electron chi connectivity index (χ3n) is 3.81. The summed E-state index contributed by atoms with van der Waals surface area (Å²) in [6.07, 6.45) is 1.72. The fraction of sp³-hybridized carbons (Fsp3) is 0.211. The minimum atomic E-state index is 0.415. The van der Waals surface area contributed by atoms with Gasteiger partial charge in [0, 0.05) is 23.2 Å². The molecule has 0 atom stereocenters. The van der Waals surface area contributed by atoms with E-state index in [0.29, 0.717) is 42.2 Å². The highest BCUT2D eigenvalue weighted by molar-refractivity contribution is 6.30. The van der Waals surface area contributed by atoms with Crippen LogP contribution in [0.1, 0.15) is 11.1 Å². The number of allylic oxidation sites excluding steroid dienone is 1. The molecule has 3 rings (SSSR count). The Labute approximate surface area is 162 Å². The van der Waals surface area contributed by atoms with E-state index in [1.165, 1.54) is 0 Å². The fourth-order valence-electron chi connectivity index (χ4n) is 2.55. The maximum Gasteiger partial charge on any atom is 0.243 e. The maximum absolute atomic E-state index is 6.24. The largest absolute Gasteiger partial charge is 0.493 e. The number of hydrogen-bond donors (Lipinski definition) is 1. The Kier molecular flexibility index (Phi) is 6.27. The smallest absolute Gasteiger partial charge is 0.243 e. The number of nitrogens with zero attached hydrogens (tertiary/aromatic N) is 4. The lowest BCUT2D eigenvalue weighted by atomic mass is 10.1. The van der Waals surface area contributed by atoms with Gasteiger partial charge in [-0.3, -0.25) is 0 Å². The van der Waals surface area contributed by atoms with Gasteiger partial charge in [-0.2, -0.15) is 0 Å². The second-order valence-electron chi connectivity index (χ2n) is 5.70. The summed E-state index contributed by atoms with van der Waals surface area (Å²) < 4.78 is 13.1. The molecule has 1 N–H and O–H groups in total. The van der Waals surface area contributed by atoms with Gasteiger partial charge < -0.3 is 14.8 Å². The summed E-state index contributed by atoms with van der Waals surface area (Å²) in [7, 11) is 1.59. The molecule has 0 aliphatic rings. The van der Waals surface area contributed by atoms with Gasteiger partial charge >= 0.3 is 0 Å². The first-order chi connectivity index (χ1) is 13.2. The summed E-state index contributed by atoms with van der Waals surface area (Å²) in [6.45, 7) is 5.04. The van der Waals surface area contributed by atoms with Crippen LogP contribution in [0.4, 0.5) is 5.95 Å². The Balaban J connectivity index is 1.81. The molecular formula is C19H20ClN5O2. The summed E-state index contributed by atoms with van der Waals surface area (Å²) in [5, 5.41) is 15.3. The van der Waals surface area contributed by atoms with Crippen molar-refractivity contribution in [1.29, 1.82) is 0 Å². The van der Waals surface area contributed by atoms with Crippen LogP contribution in [0.25, 0.3) is 0 Å². The van der Waals surface area contributed by atoms with Gasteiger partial charge in [-0.1, -0.05) is 53.1 Å². The molecule has 2 aromatic carbocycles. The summed E-state index contributed by atoms with van der Waals surface area (Å²) in [6, 6.07) is 13.5. The topological polar surface area (TPSA) is 74.1 Å². The molecule has 0 radical (unpaired) electrons. The molecule has 8 heteroatoms. The molecule has 0 spiro atoms. The second kappa shape index (κ2) is 9.05. The van der Waals surface area contributed by atoms with Crippen LogP contribution >= 0.6 is 11.6 Å². The molecule has 3 aromatic rings. The number of halogens is 1. The summed E-state index contributed by atoms with van der Waals surface area (Å²) >= 11 is 6.24. The van der Waals surface area contributed by atoms with Crippen molar-refractivity contribution < 1.29 is 9.47 Å². The van der Waals surface area contributed by atoms with Gasteiger partial charge in [0.15, 0.2) is 11.5 Å². The number of benzene rings is 2. The van der Waals surface area contributed by atoms with Gasteiger partial charge in [-0.05, 0) is 22.1 Å². The first-order valence-electron chi connectivity index (χ1n) is 8.35. The van der Waals surface area contributed by atoms with Crippen molar-refractivity contribution >= 4 is 17.5 Å². The van der Waals surface area contributed by atoms with E-state index in [0.717, 1.165) is 11.1 Å². The van der Waals surface area contributed by atoms with E-state index >= 15 is 0 Å². The Hall–Kier alpha value is -3.06. The predicted octanol–water partition coefficient (Wildman–Crippen LogP) is 3.71. The van der Waals surface area contributed by atoms with Gasteiger partial charge in [0.05, 0.1) is 13.7 Å². The monoisotopic (exact) mass is 385 g/mol. The zero-order valence-corrected chi connectivity index (χ0v) is 15.7. The molecule has 7 nitrogen and oxygen atoms in total. The predicted molar refractivity (Wildman–Crippen MR) is 104 cm³/mol. The first kappa shape index (κ1) is 18.7. The van der Waals surface area contributed by atoms with E-state index < -0.39 is 0 Å². The summed E-state index contributed by atoms with van der Waals surface area (Å²) in [4.78, 5) is 0. The Bertz CT molecular complexity index is 898. The van der Waals surface area contributed by atoms with E-state index in [2.05, 4.69) is 27.4 Å². The van der Waals surface area contributed by atoms with Crippen molar-refractivity contribution in [3.05, 3.63) is 71.3 Å². The molecule has 27 heavy (non-hydrogen) atoms. The molecule has 0 unspecified atom stereocenters. The van der Waals surface area contributed by atoms with Gasteiger partial charge in [-0.25, -0.2) is 4.68 Å². The molecule has 0 saturated heterocycles. The third-order valence-corrected chi connectivity index (χ3v) is 4.03. The van der Waals surface area contributed by atoms with Crippen LogP contribution in [-0.4, -0.2) is 27.3 Å². The number of ether oxygens (including phenoxy) is 2. The van der Waals surface area contributed by atoms with E-state index in [9.17, 15) is 0 Å². The highest BCUT2D eigenvalue weighted by atomic mass is 35.5. The van der Waals surface area contributed by atoms with Gasteiger partial charge in [0.25, 0.3) is 0 Å². The van der Waals surface area contributed by atoms with E-state index in [1.54, 1.807) is 23.9 Å². The Morgan fingerprint density at radius 3 is 2.81 bits per heavy atom.